The summed E-state index contributed by atoms with van der Waals surface area (Å²) in [5.74, 6) is -2.22. The third-order valence-corrected chi connectivity index (χ3v) is 4.46. The molecule has 30 heavy (non-hydrogen) atoms. The highest BCUT2D eigenvalue weighted by atomic mass is 19.4. The molecule has 0 bridgehead atoms. The molecule has 0 saturated carbocycles. The molecule has 1 heterocycles. The minimum absolute atomic E-state index is 0.120. The number of hydrogen-bond acceptors (Lipinski definition) is 4. The van der Waals surface area contributed by atoms with Crippen molar-refractivity contribution in [3.05, 3.63) is 71.8 Å². The smallest absolute Gasteiger partial charge is 0.459 e. The SMILES string of the molecule is CCc1cnc(-c2ccc(-c3ccc(CCOC(=O)C(F)(F)F)cc3)c(F)c2)nc1. The van der Waals surface area contributed by atoms with Gasteiger partial charge < -0.3 is 4.74 Å². The maximum absolute atomic E-state index is 14.7. The number of aromatic nitrogens is 2. The van der Waals surface area contributed by atoms with Gasteiger partial charge in [0.15, 0.2) is 5.82 Å². The number of esters is 1. The molecule has 1 aromatic heterocycles. The molecule has 0 spiro atoms. The normalized spacial score (nSPS) is 11.4. The van der Waals surface area contributed by atoms with E-state index in [2.05, 4.69) is 14.7 Å². The zero-order valence-corrected chi connectivity index (χ0v) is 16.0. The van der Waals surface area contributed by atoms with Gasteiger partial charge in [0.25, 0.3) is 0 Å². The van der Waals surface area contributed by atoms with Crippen LogP contribution in [0.4, 0.5) is 17.6 Å². The molecule has 0 radical (unpaired) electrons. The van der Waals surface area contributed by atoms with Gasteiger partial charge in [-0.2, -0.15) is 13.2 Å². The van der Waals surface area contributed by atoms with E-state index < -0.39 is 24.6 Å². The zero-order valence-electron chi connectivity index (χ0n) is 16.0. The average molecular weight is 418 g/mol. The molecule has 4 nitrogen and oxygen atoms in total. The lowest BCUT2D eigenvalue weighted by molar-refractivity contribution is -0.199. The maximum Gasteiger partial charge on any atom is 0.490 e. The van der Waals surface area contributed by atoms with Crippen LogP contribution < -0.4 is 0 Å². The number of nitrogens with zero attached hydrogens (tertiary/aromatic N) is 2. The Labute approximate surface area is 170 Å². The molecule has 0 aliphatic heterocycles. The lowest BCUT2D eigenvalue weighted by Crippen LogP contribution is -2.26. The number of carbonyl (C=O) groups excluding carboxylic acids is 1. The molecule has 0 fully saturated rings. The van der Waals surface area contributed by atoms with Gasteiger partial charge in [-0.1, -0.05) is 43.3 Å². The lowest BCUT2D eigenvalue weighted by Gasteiger charge is -2.09. The second-order valence-corrected chi connectivity index (χ2v) is 6.54. The van der Waals surface area contributed by atoms with E-state index in [1.165, 1.54) is 6.07 Å². The van der Waals surface area contributed by atoms with Gasteiger partial charge in [0.05, 0.1) is 6.61 Å². The monoisotopic (exact) mass is 418 g/mol. The van der Waals surface area contributed by atoms with Crippen molar-refractivity contribution < 1.29 is 27.1 Å². The van der Waals surface area contributed by atoms with Crippen LogP contribution in [0.5, 0.6) is 0 Å². The third kappa shape index (κ3) is 5.20. The molecule has 0 N–H and O–H groups in total. The van der Waals surface area contributed by atoms with Crippen LogP contribution in [-0.4, -0.2) is 28.7 Å². The van der Waals surface area contributed by atoms with E-state index in [-0.39, 0.29) is 6.42 Å². The maximum atomic E-state index is 14.7. The van der Waals surface area contributed by atoms with Gasteiger partial charge in [-0.15, -0.1) is 0 Å². The van der Waals surface area contributed by atoms with E-state index in [1.807, 2.05) is 6.92 Å². The van der Waals surface area contributed by atoms with Crippen LogP contribution in [-0.2, 0) is 22.4 Å². The fourth-order valence-electron chi connectivity index (χ4n) is 2.77. The quantitative estimate of drug-likeness (QED) is 0.410. The van der Waals surface area contributed by atoms with Crippen molar-refractivity contribution in [2.45, 2.75) is 25.9 Å². The molecule has 8 heteroatoms. The number of carbonyl (C=O) groups is 1. The fourth-order valence-corrected chi connectivity index (χ4v) is 2.77. The van der Waals surface area contributed by atoms with Crippen molar-refractivity contribution in [3.63, 3.8) is 0 Å². The molecule has 0 atom stereocenters. The summed E-state index contributed by atoms with van der Waals surface area (Å²) >= 11 is 0. The van der Waals surface area contributed by atoms with Gasteiger partial charge in [-0.25, -0.2) is 19.2 Å². The molecule has 0 amide bonds. The summed E-state index contributed by atoms with van der Waals surface area (Å²) in [6.45, 7) is 1.60. The highest BCUT2D eigenvalue weighted by molar-refractivity contribution is 5.75. The molecule has 156 valence electrons. The Kier molecular flexibility index (Phi) is 6.44. The van der Waals surface area contributed by atoms with Crippen molar-refractivity contribution in [1.82, 2.24) is 9.97 Å². The first-order chi connectivity index (χ1) is 14.3. The molecule has 0 unspecified atom stereocenters. The van der Waals surface area contributed by atoms with E-state index in [0.29, 0.717) is 28.1 Å². The molecular formula is C22H18F4N2O2. The molecule has 3 aromatic rings. The Morgan fingerprint density at radius 1 is 0.967 bits per heavy atom. The van der Waals surface area contributed by atoms with Crippen LogP contribution in [0.15, 0.2) is 54.9 Å². The Bertz CT molecular complexity index is 1020. The first kappa shape index (κ1) is 21.4. The minimum atomic E-state index is -5.00. The van der Waals surface area contributed by atoms with E-state index in [1.54, 1.807) is 48.8 Å². The van der Waals surface area contributed by atoms with Crippen LogP contribution >= 0.6 is 0 Å². The van der Waals surface area contributed by atoms with Crippen LogP contribution in [0.25, 0.3) is 22.5 Å². The van der Waals surface area contributed by atoms with Crippen molar-refractivity contribution in [3.8, 4) is 22.5 Å². The third-order valence-electron chi connectivity index (χ3n) is 4.46. The highest BCUT2D eigenvalue weighted by Gasteiger charge is 2.40. The van der Waals surface area contributed by atoms with Crippen molar-refractivity contribution in [2.24, 2.45) is 0 Å². The molecule has 0 saturated heterocycles. The number of aryl methyl sites for hydroxylation is 1. The van der Waals surface area contributed by atoms with Crippen molar-refractivity contribution in [2.75, 3.05) is 6.61 Å². The van der Waals surface area contributed by atoms with E-state index in [4.69, 9.17) is 0 Å². The van der Waals surface area contributed by atoms with E-state index in [9.17, 15) is 22.4 Å². The molecule has 0 aliphatic rings. The van der Waals surface area contributed by atoms with Crippen molar-refractivity contribution >= 4 is 5.97 Å². The second kappa shape index (κ2) is 9.02. The standard InChI is InChI=1S/C22H18F4N2O2/c1-2-14-12-27-20(28-13-14)17-7-8-18(19(23)11-17)16-5-3-15(4-6-16)9-10-30-21(29)22(24,25)26/h3-8,11-13H,2,9-10H2,1H3. The Hall–Kier alpha value is -3.29. The van der Waals surface area contributed by atoms with Crippen LogP contribution in [0.2, 0.25) is 0 Å². The summed E-state index contributed by atoms with van der Waals surface area (Å²) in [7, 11) is 0. The Balaban J connectivity index is 1.68. The number of alkyl halides is 3. The van der Waals surface area contributed by atoms with Crippen LogP contribution in [0.1, 0.15) is 18.1 Å². The van der Waals surface area contributed by atoms with Crippen LogP contribution in [0, 0.1) is 5.82 Å². The predicted octanol–water partition coefficient (Wildman–Crippen LogP) is 5.16. The van der Waals surface area contributed by atoms with Gasteiger partial charge >= 0.3 is 12.1 Å². The number of rotatable bonds is 6. The van der Waals surface area contributed by atoms with Gasteiger partial charge in [-0.05, 0) is 29.2 Å². The fraction of sp³-hybridized carbons (Fsp3) is 0.227. The van der Waals surface area contributed by atoms with Crippen molar-refractivity contribution in [1.29, 1.82) is 0 Å². The zero-order chi connectivity index (χ0) is 21.7. The number of benzene rings is 2. The Morgan fingerprint density at radius 2 is 1.60 bits per heavy atom. The molecule has 0 aliphatic carbocycles. The summed E-state index contributed by atoms with van der Waals surface area (Å²) in [6, 6.07) is 11.3. The Morgan fingerprint density at radius 3 is 2.17 bits per heavy atom. The lowest BCUT2D eigenvalue weighted by atomic mass is 10.0. The summed E-state index contributed by atoms with van der Waals surface area (Å²) in [5, 5.41) is 0. The summed E-state index contributed by atoms with van der Waals surface area (Å²) in [6.07, 6.45) is -0.655. The largest absolute Gasteiger partial charge is 0.490 e. The van der Waals surface area contributed by atoms with Gasteiger partial charge in [-0.3, -0.25) is 0 Å². The van der Waals surface area contributed by atoms with E-state index >= 15 is 0 Å². The average Bonchev–Trinajstić information content (AvgIpc) is 2.73. The van der Waals surface area contributed by atoms with Gasteiger partial charge in [0, 0.05) is 29.9 Å². The molecular weight excluding hydrogens is 400 g/mol. The van der Waals surface area contributed by atoms with E-state index in [0.717, 1.165) is 12.0 Å². The first-order valence-corrected chi connectivity index (χ1v) is 9.22. The van der Waals surface area contributed by atoms with Crippen LogP contribution in [0.3, 0.4) is 0 Å². The summed E-state index contributed by atoms with van der Waals surface area (Å²) in [4.78, 5) is 19.2. The minimum Gasteiger partial charge on any atom is -0.459 e. The van der Waals surface area contributed by atoms with Gasteiger partial charge in [0.2, 0.25) is 0 Å². The topological polar surface area (TPSA) is 52.1 Å². The predicted molar refractivity (Wildman–Crippen MR) is 103 cm³/mol. The molecule has 2 aromatic carbocycles. The second-order valence-electron chi connectivity index (χ2n) is 6.54. The summed E-state index contributed by atoms with van der Waals surface area (Å²) in [5.41, 5.74) is 3.19. The highest BCUT2D eigenvalue weighted by Crippen LogP contribution is 2.27. The van der Waals surface area contributed by atoms with Gasteiger partial charge in [0.1, 0.15) is 5.82 Å². The number of halogens is 4. The number of hydrogen-bond donors (Lipinski definition) is 0. The molecule has 3 rings (SSSR count). The number of ether oxygens (including phenoxy) is 1. The first-order valence-electron chi connectivity index (χ1n) is 9.22. The summed E-state index contributed by atoms with van der Waals surface area (Å²) < 4.78 is 55.1.